The summed E-state index contributed by atoms with van der Waals surface area (Å²) in [5.74, 6) is -0.170. The van der Waals surface area contributed by atoms with Crippen LogP contribution in [0.25, 0.3) is 0 Å². The van der Waals surface area contributed by atoms with Gasteiger partial charge in [-0.15, -0.1) is 11.3 Å². The van der Waals surface area contributed by atoms with Gasteiger partial charge in [0.1, 0.15) is 0 Å². The Balaban J connectivity index is 1.93. The molecule has 98 valence electrons. The molecule has 0 spiro atoms. The van der Waals surface area contributed by atoms with E-state index < -0.39 is 0 Å². The van der Waals surface area contributed by atoms with Crippen LogP contribution in [0, 0.1) is 0 Å². The molecule has 19 heavy (non-hydrogen) atoms. The van der Waals surface area contributed by atoms with Crippen molar-refractivity contribution in [3.8, 4) is 0 Å². The number of carbonyl (C=O) groups is 1. The van der Waals surface area contributed by atoms with Crippen molar-refractivity contribution >= 4 is 46.7 Å². The fourth-order valence-corrected chi connectivity index (χ4v) is 2.47. The lowest BCUT2D eigenvalue weighted by Gasteiger charge is -2.00. The van der Waals surface area contributed by atoms with Gasteiger partial charge in [-0.25, -0.2) is 5.43 Å². The Morgan fingerprint density at radius 2 is 2.16 bits per heavy atom. The minimum absolute atomic E-state index is 0.170. The van der Waals surface area contributed by atoms with E-state index in [1.165, 1.54) is 17.6 Å². The third kappa shape index (κ3) is 4.06. The van der Waals surface area contributed by atoms with Crippen LogP contribution in [-0.4, -0.2) is 12.1 Å². The number of rotatable bonds is 4. The standard InChI is InChI=1S/C13H10Cl2N2OS/c14-11-5-1-3-9(13(11)15)8-16-17-12(18)7-10-4-2-6-19-10/h1-6,8H,7H2,(H,17,18)/b16-8-. The molecular formula is C13H10Cl2N2OS. The highest BCUT2D eigenvalue weighted by atomic mass is 35.5. The highest BCUT2D eigenvalue weighted by Crippen LogP contribution is 2.24. The summed E-state index contributed by atoms with van der Waals surface area (Å²) >= 11 is 13.4. The molecule has 0 saturated heterocycles. The summed E-state index contributed by atoms with van der Waals surface area (Å²) in [6.45, 7) is 0. The van der Waals surface area contributed by atoms with E-state index in [-0.39, 0.29) is 5.91 Å². The molecule has 0 radical (unpaired) electrons. The predicted octanol–water partition coefficient (Wildman–Crippen LogP) is 3.75. The van der Waals surface area contributed by atoms with Crippen LogP contribution >= 0.6 is 34.5 Å². The molecule has 2 rings (SSSR count). The molecule has 1 amide bonds. The molecule has 0 fully saturated rings. The van der Waals surface area contributed by atoms with Crippen LogP contribution in [0.15, 0.2) is 40.8 Å². The Hall–Kier alpha value is -1.36. The fourth-order valence-electron chi connectivity index (χ4n) is 1.40. The van der Waals surface area contributed by atoms with E-state index >= 15 is 0 Å². The molecule has 0 aliphatic carbocycles. The molecule has 3 nitrogen and oxygen atoms in total. The maximum absolute atomic E-state index is 11.6. The van der Waals surface area contributed by atoms with Crippen LogP contribution in [0.3, 0.4) is 0 Å². The second-order valence-corrected chi connectivity index (χ2v) is 5.51. The second kappa shape index (κ2) is 6.70. The van der Waals surface area contributed by atoms with Gasteiger partial charge in [-0.3, -0.25) is 4.79 Å². The van der Waals surface area contributed by atoms with Crippen molar-refractivity contribution in [2.45, 2.75) is 6.42 Å². The third-order valence-electron chi connectivity index (χ3n) is 2.29. The number of amides is 1. The van der Waals surface area contributed by atoms with Crippen LogP contribution in [0.1, 0.15) is 10.4 Å². The van der Waals surface area contributed by atoms with Crippen LogP contribution < -0.4 is 5.43 Å². The van der Waals surface area contributed by atoms with E-state index in [1.807, 2.05) is 17.5 Å². The van der Waals surface area contributed by atoms with Gasteiger partial charge in [-0.1, -0.05) is 41.4 Å². The number of nitrogens with one attached hydrogen (secondary N) is 1. The zero-order valence-electron chi connectivity index (χ0n) is 9.77. The number of halogens is 2. The Morgan fingerprint density at radius 1 is 1.32 bits per heavy atom. The molecule has 0 saturated carbocycles. The van der Waals surface area contributed by atoms with Crippen molar-refractivity contribution in [2.75, 3.05) is 0 Å². The van der Waals surface area contributed by atoms with E-state index in [1.54, 1.807) is 18.2 Å². The first-order valence-electron chi connectivity index (χ1n) is 5.45. The van der Waals surface area contributed by atoms with Gasteiger partial charge in [0.15, 0.2) is 0 Å². The molecule has 0 aliphatic heterocycles. The maximum Gasteiger partial charge on any atom is 0.245 e. The highest BCUT2D eigenvalue weighted by Gasteiger charge is 2.03. The first-order valence-corrected chi connectivity index (χ1v) is 7.08. The normalized spacial score (nSPS) is 10.8. The summed E-state index contributed by atoms with van der Waals surface area (Å²) in [7, 11) is 0. The Kier molecular flexibility index (Phi) is 4.96. The molecule has 1 aromatic heterocycles. The predicted molar refractivity (Wildman–Crippen MR) is 80.2 cm³/mol. The average molecular weight is 313 g/mol. The van der Waals surface area contributed by atoms with Crippen LogP contribution in [0.2, 0.25) is 10.0 Å². The first kappa shape index (κ1) is 14.1. The number of hydrogen-bond acceptors (Lipinski definition) is 3. The molecule has 0 atom stereocenters. The van der Waals surface area contributed by atoms with E-state index in [9.17, 15) is 4.79 Å². The summed E-state index contributed by atoms with van der Waals surface area (Å²) in [6, 6.07) is 9.03. The van der Waals surface area contributed by atoms with Gasteiger partial charge in [0, 0.05) is 10.4 Å². The summed E-state index contributed by atoms with van der Waals surface area (Å²) in [4.78, 5) is 12.6. The monoisotopic (exact) mass is 312 g/mol. The van der Waals surface area contributed by atoms with Crippen molar-refractivity contribution in [3.63, 3.8) is 0 Å². The molecule has 6 heteroatoms. The van der Waals surface area contributed by atoms with Gasteiger partial charge in [0.05, 0.1) is 22.7 Å². The summed E-state index contributed by atoms with van der Waals surface area (Å²) in [6.07, 6.45) is 1.79. The zero-order chi connectivity index (χ0) is 13.7. The van der Waals surface area contributed by atoms with Gasteiger partial charge >= 0.3 is 0 Å². The molecule has 0 aliphatic rings. The molecule has 1 N–H and O–H groups in total. The smallest absolute Gasteiger partial charge is 0.245 e. The van der Waals surface area contributed by atoms with E-state index in [4.69, 9.17) is 23.2 Å². The van der Waals surface area contributed by atoms with Crippen LogP contribution in [0.5, 0.6) is 0 Å². The molecule has 0 bridgehead atoms. The first-order chi connectivity index (χ1) is 9.16. The summed E-state index contributed by atoms with van der Waals surface area (Å²) < 4.78 is 0. The number of thiophene rings is 1. The van der Waals surface area contributed by atoms with Crippen molar-refractivity contribution in [1.29, 1.82) is 0 Å². The molecular weight excluding hydrogens is 303 g/mol. The van der Waals surface area contributed by atoms with Crippen LogP contribution in [0.4, 0.5) is 0 Å². The second-order valence-electron chi connectivity index (χ2n) is 3.69. The number of benzene rings is 1. The molecule has 0 unspecified atom stereocenters. The maximum atomic E-state index is 11.6. The molecule has 1 heterocycles. The van der Waals surface area contributed by atoms with Crippen molar-refractivity contribution in [1.82, 2.24) is 5.43 Å². The largest absolute Gasteiger partial charge is 0.273 e. The quantitative estimate of drug-likeness (QED) is 0.678. The summed E-state index contributed by atoms with van der Waals surface area (Å²) in [5.41, 5.74) is 3.11. The zero-order valence-corrected chi connectivity index (χ0v) is 12.1. The number of nitrogens with zero attached hydrogens (tertiary/aromatic N) is 1. The van der Waals surface area contributed by atoms with Gasteiger partial charge in [-0.05, 0) is 17.5 Å². The van der Waals surface area contributed by atoms with Crippen molar-refractivity contribution < 1.29 is 4.79 Å². The Bertz CT molecular complexity index is 597. The number of hydrazone groups is 1. The Morgan fingerprint density at radius 3 is 2.89 bits per heavy atom. The topological polar surface area (TPSA) is 41.5 Å². The van der Waals surface area contributed by atoms with Crippen LogP contribution in [-0.2, 0) is 11.2 Å². The number of carbonyl (C=O) groups excluding carboxylic acids is 1. The average Bonchev–Trinajstić information content (AvgIpc) is 2.87. The highest BCUT2D eigenvalue weighted by molar-refractivity contribution is 7.10. The van der Waals surface area contributed by atoms with Gasteiger partial charge in [0.2, 0.25) is 5.91 Å². The fraction of sp³-hybridized carbons (Fsp3) is 0.0769. The molecule has 1 aromatic carbocycles. The van der Waals surface area contributed by atoms with E-state index in [0.29, 0.717) is 22.0 Å². The lowest BCUT2D eigenvalue weighted by atomic mass is 10.2. The third-order valence-corrected chi connectivity index (χ3v) is 4.00. The Labute approximate surface area is 124 Å². The van der Waals surface area contributed by atoms with E-state index in [2.05, 4.69) is 10.5 Å². The summed E-state index contributed by atoms with van der Waals surface area (Å²) in [5, 5.41) is 6.66. The van der Waals surface area contributed by atoms with Gasteiger partial charge in [-0.2, -0.15) is 5.10 Å². The van der Waals surface area contributed by atoms with Crippen molar-refractivity contribution in [2.24, 2.45) is 5.10 Å². The van der Waals surface area contributed by atoms with Gasteiger partial charge in [0.25, 0.3) is 0 Å². The molecule has 2 aromatic rings. The SMILES string of the molecule is O=C(Cc1cccs1)N/N=C\c1cccc(Cl)c1Cl. The van der Waals surface area contributed by atoms with E-state index in [0.717, 1.165) is 4.88 Å². The van der Waals surface area contributed by atoms with Crippen molar-refractivity contribution in [3.05, 3.63) is 56.2 Å². The number of hydrogen-bond donors (Lipinski definition) is 1. The lowest BCUT2D eigenvalue weighted by molar-refractivity contribution is -0.120. The van der Waals surface area contributed by atoms with Gasteiger partial charge < -0.3 is 0 Å². The minimum Gasteiger partial charge on any atom is -0.273 e. The minimum atomic E-state index is -0.170. The lowest BCUT2D eigenvalue weighted by Crippen LogP contribution is -2.19.